The molecule has 1 heterocycles. The van der Waals surface area contributed by atoms with E-state index in [1.165, 1.54) is 5.56 Å². The number of rotatable bonds is 1. The molecule has 1 aromatic heterocycles. The van der Waals surface area contributed by atoms with E-state index in [4.69, 9.17) is 4.42 Å². The van der Waals surface area contributed by atoms with Crippen molar-refractivity contribution in [3.8, 4) is 0 Å². The maximum absolute atomic E-state index is 5.39. The van der Waals surface area contributed by atoms with Gasteiger partial charge in [0.1, 0.15) is 5.76 Å². The van der Waals surface area contributed by atoms with Crippen LogP contribution >= 0.6 is 15.9 Å². The summed E-state index contributed by atoms with van der Waals surface area (Å²) in [6.07, 6.45) is 1.80. The zero-order chi connectivity index (χ0) is 8.48. The molecule has 2 heteroatoms. The number of halogens is 1. The summed E-state index contributed by atoms with van der Waals surface area (Å²) in [5.41, 5.74) is 1.33. The molecule has 0 radical (unpaired) electrons. The van der Waals surface area contributed by atoms with Gasteiger partial charge in [0.2, 0.25) is 0 Å². The normalized spacial score (nSPS) is 12.0. The Morgan fingerprint density at radius 2 is 2.09 bits per heavy atom. The Hall–Kier alpha value is -0.240. The lowest BCUT2D eigenvalue weighted by molar-refractivity contribution is 0.409. The van der Waals surface area contributed by atoms with E-state index in [1.807, 2.05) is 0 Å². The highest BCUT2D eigenvalue weighted by atomic mass is 79.9. The Bertz CT molecular complexity index is 232. The van der Waals surface area contributed by atoms with E-state index in [-0.39, 0.29) is 5.41 Å². The highest BCUT2D eigenvalue weighted by Gasteiger charge is 2.17. The monoisotopic (exact) mass is 216 g/mol. The molecule has 62 valence electrons. The Labute approximate surface area is 75.9 Å². The van der Waals surface area contributed by atoms with Crippen molar-refractivity contribution >= 4 is 15.9 Å². The molecule has 0 N–H and O–H groups in total. The topological polar surface area (TPSA) is 13.1 Å². The van der Waals surface area contributed by atoms with Crippen LogP contribution in [0.2, 0.25) is 0 Å². The Morgan fingerprint density at radius 1 is 1.45 bits per heavy atom. The van der Waals surface area contributed by atoms with Gasteiger partial charge in [0.15, 0.2) is 0 Å². The molecule has 0 fully saturated rings. The van der Waals surface area contributed by atoms with E-state index in [0.29, 0.717) is 0 Å². The molecule has 0 aliphatic rings. The molecule has 0 aliphatic heterocycles. The first kappa shape index (κ1) is 8.85. The summed E-state index contributed by atoms with van der Waals surface area (Å²) in [5.74, 6) is 1.05. The second kappa shape index (κ2) is 3.02. The number of alkyl halides is 1. The SMILES string of the molecule is CC(C)(C)c1cc(CBr)co1. The number of furan rings is 1. The molecular weight excluding hydrogens is 204 g/mol. The summed E-state index contributed by atoms with van der Waals surface area (Å²) in [6, 6.07) is 2.09. The first-order chi connectivity index (χ1) is 5.04. The third kappa shape index (κ3) is 2.09. The number of hydrogen-bond acceptors (Lipinski definition) is 1. The predicted molar refractivity (Wildman–Crippen MR) is 50.0 cm³/mol. The molecule has 0 spiro atoms. The third-order valence-corrected chi connectivity index (χ3v) is 2.19. The van der Waals surface area contributed by atoms with Crippen molar-refractivity contribution in [3.05, 3.63) is 23.7 Å². The van der Waals surface area contributed by atoms with Crippen molar-refractivity contribution in [2.24, 2.45) is 0 Å². The second-order valence-electron chi connectivity index (χ2n) is 3.70. The van der Waals surface area contributed by atoms with Gasteiger partial charge in [-0.25, -0.2) is 0 Å². The van der Waals surface area contributed by atoms with E-state index in [9.17, 15) is 0 Å². The van der Waals surface area contributed by atoms with Crippen LogP contribution in [0, 0.1) is 0 Å². The summed E-state index contributed by atoms with van der Waals surface area (Å²) < 4.78 is 5.39. The van der Waals surface area contributed by atoms with Crippen LogP contribution in [0.25, 0.3) is 0 Å². The van der Waals surface area contributed by atoms with Crippen molar-refractivity contribution < 1.29 is 4.42 Å². The lowest BCUT2D eigenvalue weighted by Gasteiger charge is -2.13. The highest BCUT2D eigenvalue weighted by molar-refractivity contribution is 9.08. The highest BCUT2D eigenvalue weighted by Crippen LogP contribution is 2.24. The van der Waals surface area contributed by atoms with Crippen molar-refractivity contribution in [1.82, 2.24) is 0 Å². The standard InChI is InChI=1S/C9H13BrO/c1-9(2,3)8-4-7(5-10)6-11-8/h4,6H,5H2,1-3H3. The maximum Gasteiger partial charge on any atom is 0.109 e. The largest absolute Gasteiger partial charge is 0.468 e. The van der Waals surface area contributed by atoms with E-state index in [0.717, 1.165) is 11.1 Å². The summed E-state index contributed by atoms with van der Waals surface area (Å²) in [6.45, 7) is 6.43. The Balaban J connectivity index is 2.89. The fourth-order valence-electron chi connectivity index (χ4n) is 0.839. The Morgan fingerprint density at radius 3 is 2.36 bits per heavy atom. The van der Waals surface area contributed by atoms with E-state index in [1.54, 1.807) is 6.26 Å². The van der Waals surface area contributed by atoms with Gasteiger partial charge in [0, 0.05) is 16.3 Å². The van der Waals surface area contributed by atoms with Gasteiger partial charge >= 0.3 is 0 Å². The quantitative estimate of drug-likeness (QED) is 0.656. The van der Waals surface area contributed by atoms with Gasteiger partial charge < -0.3 is 4.42 Å². The van der Waals surface area contributed by atoms with Crippen molar-refractivity contribution in [2.45, 2.75) is 31.5 Å². The summed E-state index contributed by atoms with van der Waals surface area (Å²) in [7, 11) is 0. The van der Waals surface area contributed by atoms with E-state index >= 15 is 0 Å². The molecule has 11 heavy (non-hydrogen) atoms. The van der Waals surface area contributed by atoms with Gasteiger partial charge in [-0.05, 0) is 6.07 Å². The number of hydrogen-bond donors (Lipinski definition) is 0. The summed E-state index contributed by atoms with van der Waals surface area (Å²) in [4.78, 5) is 0. The second-order valence-corrected chi connectivity index (χ2v) is 4.26. The molecular formula is C9H13BrO. The van der Waals surface area contributed by atoms with Gasteiger partial charge in [0.05, 0.1) is 6.26 Å². The first-order valence-electron chi connectivity index (χ1n) is 3.68. The zero-order valence-corrected chi connectivity index (χ0v) is 8.73. The molecule has 0 saturated heterocycles. The van der Waals surface area contributed by atoms with E-state index in [2.05, 4.69) is 42.8 Å². The van der Waals surface area contributed by atoms with Crippen LogP contribution in [-0.4, -0.2) is 0 Å². The van der Waals surface area contributed by atoms with Gasteiger partial charge in [-0.3, -0.25) is 0 Å². The van der Waals surface area contributed by atoms with Crippen LogP contribution in [-0.2, 0) is 10.7 Å². The van der Waals surface area contributed by atoms with Gasteiger partial charge in [0.25, 0.3) is 0 Å². The zero-order valence-electron chi connectivity index (χ0n) is 7.15. The molecule has 0 saturated carbocycles. The average Bonchev–Trinajstić information content (AvgIpc) is 2.32. The van der Waals surface area contributed by atoms with Crippen LogP contribution in [0.3, 0.4) is 0 Å². The first-order valence-corrected chi connectivity index (χ1v) is 4.80. The fourth-order valence-corrected chi connectivity index (χ4v) is 1.13. The third-order valence-electron chi connectivity index (χ3n) is 1.55. The molecule has 0 atom stereocenters. The van der Waals surface area contributed by atoms with Crippen molar-refractivity contribution in [2.75, 3.05) is 0 Å². The smallest absolute Gasteiger partial charge is 0.109 e. The average molecular weight is 217 g/mol. The molecule has 0 aliphatic carbocycles. The molecule has 0 amide bonds. The van der Waals surface area contributed by atoms with Crippen LogP contribution < -0.4 is 0 Å². The van der Waals surface area contributed by atoms with Crippen molar-refractivity contribution in [3.63, 3.8) is 0 Å². The minimum Gasteiger partial charge on any atom is -0.468 e. The molecule has 0 aromatic carbocycles. The van der Waals surface area contributed by atoms with Crippen molar-refractivity contribution in [1.29, 1.82) is 0 Å². The fraction of sp³-hybridized carbons (Fsp3) is 0.556. The maximum atomic E-state index is 5.39. The minimum absolute atomic E-state index is 0.125. The minimum atomic E-state index is 0.125. The van der Waals surface area contributed by atoms with Crippen LogP contribution in [0.15, 0.2) is 16.7 Å². The van der Waals surface area contributed by atoms with Crippen LogP contribution in [0.5, 0.6) is 0 Å². The molecule has 0 unspecified atom stereocenters. The molecule has 1 aromatic rings. The van der Waals surface area contributed by atoms with Crippen LogP contribution in [0.4, 0.5) is 0 Å². The lowest BCUT2D eigenvalue weighted by atomic mass is 9.93. The van der Waals surface area contributed by atoms with Gasteiger partial charge in [-0.1, -0.05) is 36.7 Å². The molecule has 1 nitrogen and oxygen atoms in total. The van der Waals surface area contributed by atoms with E-state index < -0.39 is 0 Å². The summed E-state index contributed by atoms with van der Waals surface area (Å²) in [5, 5.41) is 0.868. The summed E-state index contributed by atoms with van der Waals surface area (Å²) >= 11 is 3.38. The Kier molecular flexibility index (Phi) is 2.43. The predicted octanol–water partition coefficient (Wildman–Crippen LogP) is 3.47. The van der Waals surface area contributed by atoms with Crippen LogP contribution in [0.1, 0.15) is 32.1 Å². The van der Waals surface area contributed by atoms with Gasteiger partial charge in [-0.2, -0.15) is 0 Å². The molecule has 0 bridgehead atoms. The lowest BCUT2D eigenvalue weighted by Crippen LogP contribution is -2.08. The molecule has 1 rings (SSSR count). The van der Waals surface area contributed by atoms with Gasteiger partial charge in [-0.15, -0.1) is 0 Å².